The molecule has 2 amide bonds. The summed E-state index contributed by atoms with van der Waals surface area (Å²) < 4.78 is 11.5. The Morgan fingerprint density at radius 2 is 1.84 bits per heavy atom. The van der Waals surface area contributed by atoms with E-state index in [1.807, 2.05) is 29.2 Å². The minimum absolute atomic E-state index is 0.0135. The van der Waals surface area contributed by atoms with E-state index in [0.717, 1.165) is 22.9 Å². The minimum atomic E-state index is -0.108. The van der Waals surface area contributed by atoms with E-state index < -0.39 is 0 Å². The van der Waals surface area contributed by atoms with Crippen LogP contribution in [0.4, 0.5) is 0 Å². The molecule has 6 nitrogen and oxygen atoms in total. The van der Waals surface area contributed by atoms with E-state index in [1.54, 1.807) is 44.6 Å². The summed E-state index contributed by atoms with van der Waals surface area (Å²) >= 11 is 3.42. The van der Waals surface area contributed by atoms with Crippen LogP contribution in [0.2, 0.25) is 0 Å². The van der Waals surface area contributed by atoms with E-state index in [0.29, 0.717) is 42.6 Å². The molecule has 3 rings (SSSR count). The van der Waals surface area contributed by atoms with Crippen LogP contribution in [0.25, 0.3) is 6.08 Å². The molecule has 1 N–H and O–H groups in total. The Morgan fingerprint density at radius 3 is 2.52 bits per heavy atom. The lowest BCUT2D eigenvalue weighted by Crippen LogP contribution is -2.41. The maximum absolute atomic E-state index is 12.8. The van der Waals surface area contributed by atoms with E-state index in [-0.39, 0.29) is 11.8 Å². The number of carbonyl (C=O) groups excluding carboxylic acids is 2. The van der Waals surface area contributed by atoms with Gasteiger partial charge in [0, 0.05) is 35.7 Å². The zero-order chi connectivity index (χ0) is 22.2. The molecular weight excluding hydrogens is 460 g/mol. The van der Waals surface area contributed by atoms with Crippen molar-refractivity contribution in [3.8, 4) is 11.5 Å². The molecule has 0 saturated carbocycles. The van der Waals surface area contributed by atoms with Gasteiger partial charge in [0.15, 0.2) is 11.5 Å². The topological polar surface area (TPSA) is 67.9 Å². The first-order chi connectivity index (χ1) is 15.0. The maximum atomic E-state index is 12.8. The van der Waals surface area contributed by atoms with Crippen LogP contribution in [0.15, 0.2) is 53.0 Å². The number of hydrogen-bond acceptors (Lipinski definition) is 4. The number of likely N-dealkylation sites (tertiary alicyclic amines) is 1. The van der Waals surface area contributed by atoms with Crippen LogP contribution in [0.3, 0.4) is 0 Å². The fourth-order valence-electron chi connectivity index (χ4n) is 3.58. The zero-order valence-electron chi connectivity index (χ0n) is 17.8. The number of piperidine rings is 1. The summed E-state index contributed by atoms with van der Waals surface area (Å²) in [6, 6.07) is 13.0. The number of halogens is 1. The number of nitrogens with one attached hydrogen (secondary N) is 1. The Hall–Kier alpha value is -2.80. The highest BCUT2D eigenvalue weighted by Gasteiger charge is 2.24. The lowest BCUT2D eigenvalue weighted by Gasteiger charge is -2.32. The second kappa shape index (κ2) is 11.0. The molecule has 1 heterocycles. The van der Waals surface area contributed by atoms with E-state index >= 15 is 0 Å². The average molecular weight is 487 g/mol. The lowest BCUT2D eigenvalue weighted by atomic mass is 9.96. The summed E-state index contributed by atoms with van der Waals surface area (Å²) in [5, 5.41) is 2.97. The first-order valence-electron chi connectivity index (χ1n) is 10.2. The van der Waals surface area contributed by atoms with Crippen molar-refractivity contribution in [2.45, 2.75) is 12.8 Å². The molecule has 1 fully saturated rings. The van der Waals surface area contributed by atoms with E-state index in [2.05, 4.69) is 21.2 Å². The lowest BCUT2D eigenvalue weighted by molar-refractivity contribution is -0.116. The minimum Gasteiger partial charge on any atom is -0.493 e. The van der Waals surface area contributed by atoms with Gasteiger partial charge in [-0.1, -0.05) is 28.1 Å². The number of methoxy groups -OCH3 is 2. The summed E-state index contributed by atoms with van der Waals surface area (Å²) in [5.41, 5.74) is 1.55. The fourth-order valence-corrected chi connectivity index (χ4v) is 3.99. The van der Waals surface area contributed by atoms with Crippen LogP contribution in [-0.2, 0) is 4.79 Å². The first kappa shape index (κ1) is 22.9. The molecule has 0 spiro atoms. The predicted molar refractivity (Wildman–Crippen MR) is 124 cm³/mol. The Balaban J connectivity index is 1.46. The van der Waals surface area contributed by atoms with Gasteiger partial charge in [0.2, 0.25) is 5.91 Å². The number of carbonyl (C=O) groups is 2. The van der Waals surface area contributed by atoms with Crippen LogP contribution < -0.4 is 14.8 Å². The van der Waals surface area contributed by atoms with Crippen molar-refractivity contribution < 1.29 is 19.1 Å². The van der Waals surface area contributed by atoms with Crippen LogP contribution in [0.1, 0.15) is 28.8 Å². The summed E-state index contributed by atoms with van der Waals surface area (Å²) in [7, 11) is 3.12. The van der Waals surface area contributed by atoms with Gasteiger partial charge in [-0.15, -0.1) is 0 Å². The Labute approximate surface area is 191 Å². The third kappa shape index (κ3) is 6.34. The second-order valence-corrected chi connectivity index (χ2v) is 8.35. The average Bonchev–Trinajstić information content (AvgIpc) is 2.80. The van der Waals surface area contributed by atoms with Gasteiger partial charge in [0.25, 0.3) is 5.91 Å². The highest BCUT2D eigenvalue weighted by Crippen LogP contribution is 2.28. The molecule has 1 saturated heterocycles. The number of amides is 2. The second-order valence-electron chi connectivity index (χ2n) is 7.44. The molecule has 0 radical (unpaired) electrons. The monoisotopic (exact) mass is 486 g/mol. The van der Waals surface area contributed by atoms with Gasteiger partial charge in [-0.2, -0.15) is 0 Å². The largest absolute Gasteiger partial charge is 0.493 e. The Morgan fingerprint density at radius 1 is 1.10 bits per heavy atom. The molecule has 31 heavy (non-hydrogen) atoms. The van der Waals surface area contributed by atoms with Crippen molar-refractivity contribution >= 4 is 33.8 Å². The molecule has 2 aromatic carbocycles. The number of ether oxygens (including phenoxy) is 2. The summed E-state index contributed by atoms with van der Waals surface area (Å²) in [6.45, 7) is 1.95. The van der Waals surface area contributed by atoms with Gasteiger partial charge in [-0.25, -0.2) is 0 Å². The number of rotatable bonds is 7. The quantitative estimate of drug-likeness (QED) is 0.596. The van der Waals surface area contributed by atoms with Crippen molar-refractivity contribution in [2.24, 2.45) is 5.92 Å². The number of benzene rings is 2. The summed E-state index contributed by atoms with van der Waals surface area (Å²) in [6.07, 6.45) is 5.06. The van der Waals surface area contributed by atoms with Crippen LogP contribution >= 0.6 is 15.9 Å². The van der Waals surface area contributed by atoms with Crippen molar-refractivity contribution in [3.05, 3.63) is 64.1 Å². The first-order valence-corrected chi connectivity index (χ1v) is 11.0. The predicted octanol–water partition coefficient (Wildman–Crippen LogP) is 4.15. The molecular formula is C24H27BrN2O4. The molecule has 7 heteroatoms. The molecule has 2 aromatic rings. The Bertz CT molecular complexity index is 952. The number of nitrogens with zero attached hydrogens (tertiary/aromatic N) is 1. The van der Waals surface area contributed by atoms with Crippen molar-refractivity contribution in [2.75, 3.05) is 33.9 Å². The maximum Gasteiger partial charge on any atom is 0.253 e. The molecule has 0 aliphatic carbocycles. The van der Waals surface area contributed by atoms with Crippen LogP contribution in [0.5, 0.6) is 11.5 Å². The van der Waals surface area contributed by atoms with Crippen LogP contribution in [0, 0.1) is 5.92 Å². The van der Waals surface area contributed by atoms with E-state index in [1.165, 1.54) is 0 Å². The molecule has 0 unspecified atom stereocenters. The van der Waals surface area contributed by atoms with Gasteiger partial charge in [0.05, 0.1) is 14.2 Å². The van der Waals surface area contributed by atoms with E-state index in [9.17, 15) is 9.59 Å². The molecule has 1 aliphatic rings. The summed E-state index contributed by atoms with van der Waals surface area (Å²) in [4.78, 5) is 26.8. The van der Waals surface area contributed by atoms with Gasteiger partial charge in [-0.3, -0.25) is 9.59 Å². The molecule has 0 aromatic heterocycles. The van der Waals surface area contributed by atoms with Crippen molar-refractivity contribution in [1.29, 1.82) is 0 Å². The van der Waals surface area contributed by atoms with Gasteiger partial charge in [0.1, 0.15) is 0 Å². The number of hydrogen-bond donors (Lipinski definition) is 1. The summed E-state index contributed by atoms with van der Waals surface area (Å²) in [5.74, 6) is 1.38. The standard InChI is InChI=1S/C24H27BrN2O4/c1-30-21-8-7-19(15-22(21)31-2)24(29)27-12-10-18(11-13-27)16-26-23(28)9-6-17-4-3-5-20(25)14-17/h3-9,14-15,18H,10-13,16H2,1-2H3,(H,26,28)/b9-6+. The third-order valence-electron chi connectivity index (χ3n) is 5.37. The normalized spacial score (nSPS) is 14.5. The fraction of sp³-hybridized carbons (Fsp3) is 0.333. The van der Waals surface area contributed by atoms with Gasteiger partial charge < -0.3 is 19.7 Å². The molecule has 1 aliphatic heterocycles. The van der Waals surface area contributed by atoms with Crippen LogP contribution in [-0.4, -0.2) is 50.6 Å². The highest BCUT2D eigenvalue weighted by molar-refractivity contribution is 9.10. The molecule has 164 valence electrons. The molecule has 0 bridgehead atoms. The van der Waals surface area contributed by atoms with Gasteiger partial charge >= 0.3 is 0 Å². The highest BCUT2D eigenvalue weighted by atomic mass is 79.9. The Kier molecular flexibility index (Phi) is 8.12. The molecule has 0 atom stereocenters. The van der Waals surface area contributed by atoms with Gasteiger partial charge in [-0.05, 0) is 60.7 Å². The third-order valence-corrected chi connectivity index (χ3v) is 5.87. The SMILES string of the molecule is COc1ccc(C(=O)N2CCC(CNC(=O)/C=C/c3cccc(Br)c3)CC2)cc1OC. The van der Waals surface area contributed by atoms with Crippen molar-refractivity contribution in [1.82, 2.24) is 10.2 Å². The van der Waals surface area contributed by atoms with Crippen molar-refractivity contribution in [3.63, 3.8) is 0 Å². The van der Waals surface area contributed by atoms with E-state index in [4.69, 9.17) is 9.47 Å². The smallest absolute Gasteiger partial charge is 0.253 e. The zero-order valence-corrected chi connectivity index (χ0v) is 19.4.